The van der Waals surface area contributed by atoms with Crippen LogP contribution in [0.5, 0.6) is 5.75 Å². The molecule has 1 heterocycles. The van der Waals surface area contributed by atoms with Crippen LogP contribution < -0.4 is 0 Å². The number of aromatic hydroxyl groups is 1. The van der Waals surface area contributed by atoms with Gasteiger partial charge in [0.1, 0.15) is 5.75 Å². The molecule has 0 bridgehead atoms. The van der Waals surface area contributed by atoms with Crippen LogP contribution in [0.2, 0.25) is 0 Å². The number of nitrogens with zero attached hydrogens (tertiary/aromatic N) is 1. The molecule has 1 N–H and O–H groups in total. The van der Waals surface area contributed by atoms with Crippen molar-refractivity contribution in [3.63, 3.8) is 0 Å². The average Bonchev–Trinajstić information content (AvgIpc) is 2.42. The van der Waals surface area contributed by atoms with Gasteiger partial charge < -0.3 is 10.0 Å². The van der Waals surface area contributed by atoms with Gasteiger partial charge in [-0.05, 0) is 44.7 Å². The molecule has 0 radical (unpaired) electrons. The molecule has 1 saturated heterocycles. The van der Waals surface area contributed by atoms with Crippen LogP contribution in [0.25, 0.3) is 0 Å². The average molecular weight is 282 g/mol. The van der Waals surface area contributed by atoms with Crippen molar-refractivity contribution in [2.75, 3.05) is 12.4 Å². The van der Waals surface area contributed by atoms with Gasteiger partial charge in [0, 0.05) is 18.5 Å². The Hall–Kier alpha value is -1.22. The van der Waals surface area contributed by atoms with Crippen molar-refractivity contribution in [1.29, 1.82) is 0 Å². The Morgan fingerprint density at radius 3 is 3.00 bits per heavy atom. The van der Waals surface area contributed by atoms with Crippen LogP contribution in [0.1, 0.15) is 41.6 Å². The first-order valence-electron chi connectivity index (χ1n) is 6.80. The molecule has 0 aliphatic carbocycles. The standard InChI is InChI=1S/C15H20ClNO2/c1-11-5-6-14(18)13(10-11)15(19)17-9-3-2-4-12(17)7-8-16/h5-6,10,12,18H,2-4,7-9H2,1H3. The van der Waals surface area contributed by atoms with Gasteiger partial charge in [0.15, 0.2) is 0 Å². The van der Waals surface area contributed by atoms with E-state index in [0.29, 0.717) is 11.4 Å². The molecule has 19 heavy (non-hydrogen) atoms. The van der Waals surface area contributed by atoms with Gasteiger partial charge in [0.05, 0.1) is 5.56 Å². The summed E-state index contributed by atoms with van der Waals surface area (Å²) in [6.45, 7) is 2.68. The maximum atomic E-state index is 12.6. The van der Waals surface area contributed by atoms with Gasteiger partial charge in [0.2, 0.25) is 0 Å². The van der Waals surface area contributed by atoms with E-state index in [0.717, 1.165) is 37.8 Å². The normalized spacial score (nSPS) is 19.5. The zero-order chi connectivity index (χ0) is 13.8. The number of rotatable bonds is 3. The van der Waals surface area contributed by atoms with E-state index < -0.39 is 0 Å². The Balaban J connectivity index is 2.23. The molecule has 1 fully saturated rings. The largest absolute Gasteiger partial charge is 0.507 e. The summed E-state index contributed by atoms with van der Waals surface area (Å²) >= 11 is 5.82. The summed E-state index contributed by atoms with van der Waals surface area (Å²) in [4.78, 5) is 14.5. The predicted octanol–water partition coefficient (Wildman–Crippen LogP) is 3.32. The maximum absolute atomic E-state index is 12.6. The van der Waals surface area contributed by atoms with Gasteiger partial charge in [-0.25, -0.2) is 0 Å². The molecule has 1 unspecified atom stereocenters. The number of amides is 1. The minimum absolute atomic E-state index is 0.0609. The molecule has 1 aliphatic heterocycles. The van der Waals surface area contributed by atoms with Crippen molar-refractivity contribution in [2.45, 2.75) is 38.6 Å². The Labute approximate surface area is 119 Å². The van der Waals surface area contributed by atoms with Gasteiger partial charge in [-0.1, -0.05) is 11.6 Å². The predicted molar refractivity (Wildman–Crippen MR) is 76.9 cm³/mol. The number of phenolic OH excluding ortho intramolecular Hbond substituents is 1. The second-order valence-corrected chi connectivity index (χ2v) is 5.52. The number of halogens is 1. The highest BCUT2D eigenvalue weighted by atomic mass is 35.5. The molecule has 1 atom stereocenters. The summed E-state index contributed by atoms with van der Waals surface area (Å²) < 4.78 is 0. The van der Waals surface area contributed by atoms with Gasteiger partial charge in [-0.2, -0.15) is 0 Å². The molecule has 1 aromatic carbocycles. The van der Waals surface area contributed by atoms with Crippen LogP contribution in [-0.2, 0) is 0 Å². The Kier molecular flexibility index (Phi) is 4.70. The molecule has 1 aliphatic rings. The molecule has 3 nitrogen and oxygen atoms in total. The fraction of sp³-hybridized carbons (Fsp3) is 0.533. The van der Waals surface area contributed by atoms with E-state index in [-0.39, 0.29) is 17.7 Å². The number of aryl methyl sites for hydroxylation is 1. The van der Waals surface area contributed by atoms with Crippen LogP contribution in [0, 0.1) is 6.92 Å². The van der Waals surface area contributed by atoms with Crippen molar-refractivity contribution >= 4 is 17.5 Å². The van der Waals surface area contributed by atoms with Crippen LogP contribution in [0.15, 0.2) is 18.2 Å². The minimum Gasteiger partial charge on any atom is -0.507 e. The summed E-state index contributed by atoms with van der Waals surface area (Å²) in [5.41, 5.74) is 1.38. The minimum atomic E-state index is -0.0731. The SMILES string of the molecule is Cc1ccc(O)c(C(=O)N2CCCCC2CCCl)c1. The van der Waals surface area contributed by atoms with Crippen molar-refractivity contribution in [3.05, 3.63) is 29.3 Å². The Bertz CT molecular complexity index is 459. The first kappa shape index (κ1) is 14.2. The van der Waals surface area contributed by atoms with Crippen LogP contribution in [0.3, 0.4) is 0 Å². The van der Waals surface area contributed by atoms with Crippen molar-refractivity contribution < 1.29 is 9.90 Å². The second-order valence-electron chi connectivity index (χ2n) is 5.15. The van der Waals surface area contributed by atoms with Crippen LogP contribution >= 0.6 is 11.6 Å². The zero-order valence-corrected chi connectivity index (χ0v) is 12.0. The van der Waals surface area contributed by atoms with Gasteiger partial charge in [-0.15, -0.1) is 11.6 Å². The van der Waals surface area contributed by atoms with Gasteiger partial charge in [0.25, 0.3) is 5.91 Å². The smallest absolute Gasteiger partial charge is 0.257 e. The summed E-state index contributed by atoms with van der Waals surface area (Å²) in [6.07, 6.45) is 3.99. The van der Waals surface area contributed by atoms with E-state index in [2.05, 4.69) is 0 Å². The third-order valence-corrected chi connectivity index (χ3v) is 3.93. The number of benzene rings is 1. The highest BCUT2D eigenvalue weighted by molar-refractivity contribution is 6.17. The lowest BCUT2D eigenvalue weighted by atomic mass is 9.98. The fourth-order valence-electron chi connectivity index (χ4n) is 2.67. The Morgan fingerprint density at radius 1 is 1.47 bits per heavy atom. The lowest BCUT2D eigenvalue weighted by Gasteiger charge is -2.35. The van der Waals surface area contributed by atoms with E-state index in [1.165, 1.54) is 0 Å². The van der Waals surface area contributed by atoms with Crippen LogP contribution in [0.4, 0.5) is 0 Å². The van der Waals surface area contributed by atoms with Crippen molar-refractivity contribution in [1.82, 2.24) is 4.90 Å². The molecule has 2 rings (SSSR count). The fourth-order valence-corrected chi connectivity index (χ4v) is 2.92. The van der Waals surface area contributed by atoms with E-state index in [4.69, 9.17) is 11.6 Å². The first-order chi connectivity index (χ1) is 9.13. The molecule has 0 aromatic heterocycles. The molecular weight excluding hydrogens is 262 g/mol. The number of likely N-dealkylation sites (tertiary alicyclic amines) is 1. The highest BCUT2D eigenvalue weighted by Crippen LogP contribution is 2.26. The third-order valence-electron chi connectivity index (χ3n) is 3.71. The van der Waals surface area contributed by atoms with E-state index in [9.17, 15) is 9.90 Å². The molecule has 1 amide bonds. The highest BCUT2D eigenvalue weighted by Gasteiger charge is 2.28. The Morgan fingerprint density at radius 2 is 2.26 bits per heavy atom. The molecular formula is C15H20ClNO2. The van der Waals surface area contributed by atoms with Crippen LogP contribution in [-0.4, -0.2) is 34.4 Å². The van der Waals surface area contributed by atoms with Crippen molar-refractivity contribution in [2.24, 2.45) is 0 Å². The second kappa shape index (κ2) is 6.29. The molecule has 4 heteroatoms. The number of carbonyl (C=O) groups is 1. The van der Waals surface area contributed by atoms with E-state index in [1.807, 2.05) is 11.8 Å². The molecule has 104 valence electrons. The van der Waals surface area contributed by atoms with Gasteiger partial charge in [-0.3, -0.25) is 4.79 Å². The van der Waals surface area contributed by atoms with E-state index >= 15 is 0 Å². The summed E-state index contributed by atoms with van der Waals surface area (Å²) in [6, 6.07) is 5.35. The number of hydrogen-bond acceptors (Lipinski definition) is 2. The molecule has 0 saturated carbocycles. The lowest BCUT2D eigenvalue weighted by Crippen LogP contribution is -2.44. The number of piperidine rings is 1. The van der Waals surface area contributed by atoms with Crippen molar-refractivity contribution in [3.8, 4) is 5.75 Å². The number of carbonyl (C=O) groups excluding carboxylic acids is 1. The third kappa shape index (κ3) is 3.21. The first-order valence-corrected chi connectivity index (χ1v) is 7.33. The lowest BCUT2D eigenvalue weighted by molar-refractivity contribution is 0.0606. The molecule has 1 aromatic rings. The number of hydrogen-bond donors (Lipinski definition) is 1. The van der Waals surface area contributed by atoms with Gasteiger partial charge >= 0.3 is 0 Å². The summed E-state index contributed by atoms with van der Waals surface area (Å²) in [5, 5.41) is 9.88. The number of phenols is 1. The topological polar surface area (TPSA) is 40.5 Å². The van der Waals surface area contributed by atoms with E-state index in [1.54, 1.807) is 18.2 Å². The monoisotopic (exact) mass is 281 g/mol. The summed E-state index contributed by atoms with van der Waals surface area (Å²) in [7, 11) is 0. The summed E-state index contributed by atoms with van der Waals surface area (Å²) in [5.74, 6) is 0.552. The maximum Gasteiger partial charge on any atom is 0.257 e. The zero-order valence-electron chi connectivity index (χ0n) is 11.2. The number of alkyl halides is 1. The quantitative estimate of drug-likeness (QED) is 0.864. The molecule has 0 spiro atoms.